The molecule has 28 heavy (non-hydrogen) atoms. The first-order valence-corrected chi connectivity index (χ1v) is 9.79. The maximum absolute atomic E-state index is 12.4. The van der Waals surface area contributed by atoms with Gasteiger partial charge in [0.2, 0.25) is 11.0 Å². The summed E-state index contributed by atoms with van der Waals surface area (Å²) in [7, 11) is 1.64. The summed E-state index contributed by atoms with van der Waals surface area (Å²) in [6.07, 6.45) is 1.10. The monoisotopic (exact) mass is 392 g/mol. The molecule has 0 saturated carbocycles. The number of hydrogen-bond donors (Lipinski definition) is 1. The molecule has 0 fully saturated rings. The number of carbonyl (C=O) groups is 1. The number of hydrogen-bond acceptors (Lipinski definition) is 5. The van der Waals surface area contributed by atoms with Crippen LogP contribution in [0.15, 0.2) is 54.6 Å². The van der Waals surface area contributed by atoms with Crippen molar-refractivity contribution in [1.29, 1.82) is 0 Å². The van der Waals surface area contributed by atoms with E-state index in [1.807, 2.05) is 61.5 Å². The minimum absolute atomic E-state index is 0.0483. The Morgan fingerprint density at radius 1 is 1.18 bits per heavy atom. The van der Waals surface area contributed by atoms with Gasteiger partial charge in [0, 0.05) is 12.5 Å². The van der Waals surface area contributed by atoms with E-state index >= 15 is 0 Å². The highest BCUT2D eigenvalue weighted by Crippen LogP contribution is 2.30. The lowest BCUT2D eigenvalue weighted by atomic mass is 10.1. The molecule has 0 unspecified atom stereocenters. The second-order valence-electron chi connectivity index (χ2n) is 6.45. The number of thiazole rings is 1. The molecule has 4 rings (SSSR count). The summed E-state index contributed by atoms with van der Waals surface area (Å²) in [5.74, 6) is 1.36. The zero-order chi connectivity index (χ0) is 19.5. The van der Waals surface area contributed by atoms with Crippen molar-refractivity contribution in [2.75, 3.05) is 12.4 Å². The minimum atomic E-state index is -0.0483. The van der Waals surface area contributed by atoms with Crippen LogP contribution in [0.1, 0.15) is 17.7 Å². The Morgan fingerprint density at radius 2 is 2.00 bits per heavy atom. The van der Waals surface area contributed by atoms with Crippen molar-refractivity contribution in [2.45, 2.75) is 19.8 Å². The third-order valence-electron chi connectivity index (χ3n) is 4.35. The summed E-state index contributed by atoms with van der Waals surface area (Å²) in [6, 6.07) is 17.6. The van der Waals surface area contributed by atoms with Gasteiger partial charge in [0.05, 0.1) is 23.0 Å². The Kier molecular flexibility index (Phi) is 5.08. The van der Waals surface area contributed by atoms with Crippen molar-refractivity contribution in [3.8, 4) is 10.9 Å². The van der Waals surface area contributed by atoms with E-state index in [0.29, 0.717) is 23.8 Å². The van der Waals surface area contributed by atoms with Crippen LogP contribution in [0.2, 0.25) is 0 Å². The summed E-state index contributed by atoms with van der Waals surface area (Å²) in [5, 5.41) is 8.18. The summed E-state index contributed by atoms with van der Waals surface area (Å²) in [4.78, 5) is 17.1. The Labute approximate surface area is 166 Å². The number of ether oxygens (including phenoxy) is 1. The fraction of sp³-hybridized carbons (Fsp3) is 0.190. The molecule has 0 aliphatic carbocycles. The summed E-state index contributed by atoms with van der Waals surface area (Å²) >= 11 is 1.50. The SMILES string of the molecule is COc1ccc2nc(-n3nc(C)cc3NC(=O)CCc3ccccc3)sc2c1. The van der Waals surface area contributed by atoms with Crippen molar-refractivity contribution in [3.63, 3.8) is 0 Å². The van der Waals surface area contributed by atoms with Gasteiger partial charge in [-0.1, -0.05) is 41.7 Å². The van der Waals surface area contributed by atoms with Gasteiger partial charge in [-0.2, -0.15) is 9.78 Å². The maximum Gasteiger partial charge on any atom is 0.225 e. The third-order valence-corrected chi connectivity index (χ3v) is 5.34. The van der Waals surface area contributed by atoms with Crippen LogP contribution in [0.25, 0.3) is 15.3 Å². The number of methoxy groups -OCH3 is 1. The molecule has 1 N–H and O–H groups in total. The molecule has 2 aromatic heterocycles. The van der Waals surface area contributed by atoms with E-state index in [9.17, 15) is 4.79 Å². The quantitative estimate of drug-likeness (QED) is 0.529. The smallest absolute Gasteiger partial charge is 0.225 e. The molecule has 0 atom stereocenters. The summed E-state index contributed by atoms with van der Waals surface area (Å²) < 4.78 is 7.97. The van der Waals surface area contributed by atoms with Crippen LogP contribution in [-0.4, -0.2) is 27.8 Å². The molecule has 142 valence electrons. The van der Waals surface area contributed by atoms with Crippen molar-refractivity contribution in [3.05, 3.63) is 65.9 Å². The molecule has 0 bridgehead atoms. The van der Waals surface area contributed by atoms with Gasteiger partial charge in [-0.15, -0.1) is 0 Å². The average Bonchev–Trinajstić information content (AvgIpc) is 3.29. The normalized spacial score (nSPS) is 10.9. The Hall–Kier alpha value is -3.19. The summed E-state index contributed by atoms with van der Waals surface area (Å²) in [6.45, 7) is 1.90. The molecule has 2 heterocycles. The highest BCUT2D eigenvalue weighted by Gasteiger charge is 2.15. The van der Waals surface area contributed by atoms with Gasteiger partial charge in [0.1, 0.15) is 11.6 Å². The number of anilines is 1. The molecule has 1 amide bonds. The van der Waals surface area contributed by atoms with Crippen LogP contribution >= 0.6 is 11.3 Å². The average molecular weight is 392 g/mol. The van der Waals surface area contributed by atoms with E-state index in [1.165, 1.54) is 11.3 Å². The Morgan fingerprint density at radius 3 is 2.79 bits per heavy atom. The lowest BCUT2D eigenvalue weighted by molar-refractivity contribution is -0.116. The molecular weight excluding hydrogens is 372 g/mol. The zero-order valence-corrected chi connectivity index (χ0v) is 16.5. The molecule has 0 spiro atoms. The van der Waals surface area contributed by atoms with Crippen LogP contribution in [0.5, 0.6) is 5.75 Å². The molecular formula is C21H20N4O2S. The Balaban J connectivity index is 1.54. The second kappa shape index (κ2) is 7.82. The van der Waals surface area contributed by atoms with Crippen molar-refractivity contribution >= 4 is 33.3 Å². The highest BCUT2D eigenvalue weighted by molar-refractivity contribution is 7.20. The number of aromatic nitrogens is 3. The lowest BCUT2D eigenvalue weighted by Gasteiger charge is -2.06. The van der Waals surface area contributed by atoms with Gasteiger partial charge in [-0.3, -0.25) is 4.79 Å². The number of nitrogens with zero attached hydrogens (tertiary/aromatic N) is 3. The van der Waals surface area contributed by atoms with Crippen LogP contribution < -0.4 is 10.1 Å². The van der Waals surface area contributed by atoms with Gasteiger partial charge in [-0.05, 0) is 37.1 Å². The van der Waals surface area contributed by atoms with Crippen molar-refractivity contribution < 1.29 is 9.53 Å². The first-order chi connectivity index (χ1) is 13.6. The largest absolute Gasteiger partial charge is 0.497 e. The number of rotatable bonds is 6. The summed E-state index contributed by atoms with van der Waals surface area (Å²) in [5.41, 5.74) is 2.83. The van der Waals surface area contributed by atoms with E-state index in [0.717, 1.165) is 27.2 Å². The molecule has 7 heteroatoms. The first-order valence-electron chi connectivity index (χ1n) is 8.98. The van der Waals surface area contributed by atoms with Gasteiger partial charge >= 0.3 is 0 Å². The number of benzene rings is 2. The number of nitrogens with one attached hydrogen (secondary N) is 1. The van der Waals surface area contributed by atoms with Crippen LogP contribution in [0, 0.1) is 6.92 Å². The molecule has 0 aliphatic rings. The first kappa shape index (κ1) is 18.2. The van der Waals surface area contributed by atoms with Crippen LogP contribution in [0.4, 0.5) is 5.82 Å². The van der Waals surface area contributed by atoms with Gasteiger partial charge in [0.15, 0.2) is 0 Å². The zero-order valence-electron chi connectivity index (χ0n) is 15.7. The minimum Gasteiger partial charge on any atom is -0.497 e. The topological polar surface area (TPSA) is 69.0 Å². The van der Waals surface area contributed by atoms with Crippen molar-refractivity contribution in [1.82, 2.24) is 14.8 Å². The molecule has 2 aromatic carbocycles. The fourth-order valence-electron chi connectivity index (χ4n) is 2.95. The molecule has 0 radical (unpaired) electrons. The van der Waals surface area contributed by atoms with Crippen LogP contribution in [-0.2, 0) is 11.2 Å². The third kappa shape index (κ3) is 3.89. The number of carbonyl (C=O) groups excluding carboxylic acids is 1. The van der Waals surface area contributed by atoms with E-state index in [1.54, 1.807) is 11.8 Å². The number of aryl methyl sites for hydroxylation is 2. The molecule has 0 saturated heterocycles. The molecule has 6 nitrogen and oxygen atoms in total. The maximum atomic E-state index is 12.4. The van der Waals surface area contributed by atoms with Gasteiger partial charge in [-0.25, -0.2) is 4.98 Å². The van der Waals surface area contributed by atoms with E-state index in [4.69, 9.17) is 4.74 Å². The predicted octanol–water partition coefficient (Wildman–Crippen LogP) is 4.37. The van der Waals surface area contributed by atoms with E-state index in [-0.39, 0.29) is 5.91 Å². The second-order valence-corrected chi connectivity index (χ2v) is 7.46. The van der Waals surface area contributed by atoms with Gasteiger partial charge in [0.25, 0.3) is 0 Å². The standard InChI is InChI=1S/C21H20N4O2S/c1-14-12-19(23-20(26)11-8-15-6-4-3-5-7-15)25(24-14)21-22-17-10-9-16(27-2)13-18(17)28-21/h3-7,9-10,12-13H,8,11H2,1-2H3,(H,23,26). The highest BCUT2D eigenvalue weighted by atomic mass is 32.1. The molecule has 4 aromatic rings. The van der Waals surface area contributed by atoms with E-state index < -0.39 is 0 Å². The van der Waals surface area contributed by atoms with Gasteiger partial charge < -0.3 is 10.1 Å². The number of fused-ring (bicyclic) bond motifs is 1. The predicted molar refractivity (Wildman–Crippen MR) is 111 cm³/mol. The molecule has 0 aliphatic heterocycles. The van der Waals surface area contributed by atoms with E-state index in [2.05, 4.69) is 15.4 Å². The lowest BCUT2D eigenvalue weighted by Crippen LogP contribution is -2.15. The fourth-order valence-corrected chi connectivity index (χ4v) is 3.91. The van der Waals surface area contributed by atoms with Crippen molar-refractivity contribution in [2.24, 2.45) is 0 Å². The van der Waals surface area contributed by atoms with Crippen LogP contribution in [0.3, 0.4) is 0 Å². The Bertz CT molecular complexity index is 1120. The number of amides is 1.